The highest BCUT2D eigenvalue weighted by Crippen LogP contribution is 2.35. The quantitative estimate of drug-likeness (QED) is 0.255. The van der Waals surface area contributed by atoms with Crippen LogP contribution in [0.15, 0.2) is 48.7 Å². The van der Waals surface area contributed by atoms with Crippen molar-refractivity contribution in [3.05, 3.63) is 53.7 Å². The van der Waals surface area contributed by atoms with Crippen LogP contribution >= 0.6 is 11.6 Å². The van der Waals surface area contributed by atoms with Crippen LogP contribution < -0.4 is 24.6 Å². The summed E-state index contributed by atoms with van der Waals surface area (Å²) in [7, 11) is 2.22. The van der Waals surface area contributed by atoms with Gasteiger partial charge in [-0.05, 0) is 57.9 Å². The SMILES string of the molecule is COc1cc(N2CCC(N3CCN(CC(=O)OC(C)(C)C)CC3)CC2)ccc1Nc1ncc(Cl)c(Nc2ccccc2N(C)S(C)=O)n1. The van der Waals surface area contributed by atoms with Gasteiger partial charge in [0.15, 0.2) is 5.82 Å². The summed E-state index contributed by atoms with van der Waals surface area (Å²) in [5.41, 5.74) is 2.85. The maximum absolute atomic E-state index is 12.3. The van der Waals surface area contributed by atoms with Gasteiger partial charge in [0.1, 0.15) is 27.4 Å². The van der Waals surface area contributed by atoms with Crippen molar-refractivity contribution in [1.82, 2.24) is 19.8 Å². The third kappa shape index (κ3) is 9.28. The smallest absolute Gasteiger partial charge is 0.320 e. The first kappa shape index (κ1) is 35.7. The molecule has 3 heterocycles. The number of anilines is 6. The number of benzene rings is 2. The number of piperidine rings is 1. The minimum absolute atomic E-state index is 0.152. The molecule has 1 aromatic heterocycles. The fourth-order valence-corrected chi connectivity index (χ4v) is 6.64. The Bertz CT molecular complexity index is 1590. The zero-order valence-corrected chi connectivity index (χ0v) is 30.2. The van der Waals surface area contributed by atoms with Crippen molar-refractivity contribution in [2.24, 2.45) is 0 Å². The number of ether oxygens (including phenoxy) is 2. The molecule has 48 heavy (non-hydrogen) atoms. The van der Waals surface area contributed by atoms with Crippen molar-refractivity contribution in [3.8, 4) is 5.75 Å². The van der Waals surface area contributed by atoms with Crippen LogP contribution in [0.5, 0.6) is 5.75 Å². The minimum atomic E-state index is -1.20. The topological polar surface area (TPSA) is 115 Å². The lowest BCUT2D eigenvalue weighted by atomic mass is 10.0. The Morgan fingerprint density at radius 2 is 1.75 bits per heavy atom. The molecule has 2 aliphatic rings. The van der Waals surface area contributed by atoms with E-state index < -0.39 is 16.6 Å². The highest BCUT2D eigenvalue weighted by molar-refractivity contribution is 7.85. The normalized spacial score (nSPS) is 17.1. The van der Waals surface area contributed by atoms with Crippen LogP contribution in [0.2, 0.25) is 5.02 Å². The van der Waals surface area contributed by atoms with Gasteiger partial charge < -0.3 is 25.0 Å². The van der Waals surface area contributed by atoms with Gasteiger partial charge in [0.05, 0.1) is 36.9 Å². The molecule has 0 amide bonds. The number of hydrogen-bond acceptors (Lipinski definition) is 11. The zero-order chi connectivity index (χ0) is 34.4. The number of carbonyl (C=O) groups is 1. The number of methoxy groups -OCH3 is 1. The van der Waals surface area contributed by atoms with Crippen LogP contribution in [0.4, 0.5) is 34.5 Å². The second-order valence-electron chi connectivity index (χ2n) is 13.1. The number of hydrogen-bond donors (Lipinski definition) is 2. The van der Waals surface area contributed by atoms with Crippen molar-refractivity contribution < 1.29 is 18.5 Å². The summed E-state index contributed by atoms with van der Waals surface area (Å²) in [5, 5.41) is 6.89. The molecule has 3 aromatic rings. The summed E-state index contributed by atoms with van der Waals surface area (Å²) in [6.45, 7) is 11.7. The van der Waals surface area contributed by atoms with E-state index in [4.69, 9.17) is 21.1 Å². The molecular weight excluding hydrogens is 652 g/mol. The van der Waals surface area contributed by atoms with Gasteiger partial charge in [-0.2, -0.15) is 4.98 Å². The van der Waals surface area contributed by atoms with E-state index in [0.29, 0.717) is 40.8 Å². The van der Waals surface area contributed by atoms with Gasteiger partial charge in [-0.1, -0.05) is 23.7 Å². The first-order valence-electron chi connectivity index (χ1n) is 16.2. The molecule has 2 aliphatic heterocycles. The Balaban J connectivity index is 1.17. The molecular formula is C34H47ClN8O4S. The highest BCUT2D eigenvalue weighted by Gasteiger charge is 2.29. The number of nitrogens with one attached hydrogen (secondary N) is 2. The number of rotatable bonds is 11. The Hall–Kier alpha value is -3.65. The van der Waals surface area contributed by atoms with E-state index in [1.807, 2.05) is 57.2 Å². The number of aromatic nitrogens is 2. The molecule has 2 saturated heterocycles. The van der Waals surface area contributed by atoms with E-state index in [1.165, 1.54) is 6.20 Å². The summed E-state index contributed by atoms with van der Waals surface area (Å²) in [6, 6.07) is 14.2. The van der Waals surface area contributed by atoms with Gasteiger partial charge in [-0.15, -0.1) is 0 Å². The van der Waals surface area contributed by atoms with E-state index in [9.17, 15) is 9.00 Å². The van der Waals surface area contributed by atoms with Crippen molar-refractivity contribution >= 4 is 63.1 Å². The molecule has 0 saturated carbocycles. The third-order valence-electron chi connectivity index (χ3n) is 8.58. The highest BCUT2D eigenvalue weighted by atomic mass is 35.5. The van der Waals surface area contributed by atoms with Gasteiger partial charge in [-0.25, -0.2) is 9.19 Å². The molecule has 260 valence electrons. The average molecular weight is 699 g/mol. The largest absolute Gasteiger partial charge is 0.494 e. The predicted molar refractivity (Wildman–Crippen MR) is 195 cm³/mol. The van der Waals surface area contributed by atoms with Crippen LogP contribution in [0, 0.1) is 0 Å². The van der Waals surface area contributed by atoms with Crippen molar-refractivity contribution in [3.63, 3.8) is 0 Å². The first-order chi connectivity index (χ1) is 22.9. The van der Waals surface area contributed by atoms with Gasteiger partial charge in [-0.3, -0.25) is 18.9 Å². The number of carbonyl (C=O) groups excluding carboxylic acids is 1. The average Bonchev–Trinajstić information content (AvgIpc) is 3.06. The summed E-state index contributed by atoms with van der Waals surface area (Å²) < 4.78 is 25.1. The van der Waals surface area contributed by atoms with Crippen LogP contribution in [-0.4, -0.2) is 108 Å². The second kappa shape index (κ2) is 15.7. The van der Waals surface area contributed by atoms with Crippen molar-refractivity contribution in [2.75, 3.05) is 86.1 Å². The van der Waals surface area contributed by atoms with Gasteiger partial charge in [0.25, 0.3) is 0 Å². The fourth-order valence-electron chi connectivity index (χ4n) is 6.07. The number of esters is 1. The Morgan fingerprint density at radius 1 is 1.04 bits per heavy atom. The minimum Gasteiger partial charge on any atom is -0.494 e. The molecule has 0 spiro atoms. The zero-order valence-electron chi connectivity index (χ0n) is 28.7. The molecule has 2 fully saturated rings. The number of halogens is 1. The maximum atomic E-state index is 12.3. The fraction of sp³-hybridized carbons (Fsp3) is 0.500. The molecule has 5 rings (SSSR count). The van der Waals surface area contributed by atoms with Crippen LogP contribution in [0.1, 0.15) is 33.6 Å². The monoisotopic (exact) mass is 698 g/mol. The Kier molecular flexibility index (Phi) is 11.7. The van der Waals surface area contributed by atoms with Gasteiger partial charge in [0, 0.05) is 70.4 Å². The van der Waals surface area contributed by atoms with Crippen molar-refractivity contribution in [2.45, 2.75) is 45.3 Å². The maximum Gasteiger partial charge on any atom is 0.320 e. The predicted octanol–water partition coefficient (Wildman–Crippen LogP) is 5.28. The lowest BCUT2D eigenvalue weighted by molar-refractivity contribution is -0.156. The van der Waals surface area contributed by atoms with Gasteiger partial charge >= 0.3 is 5.97 Å². The first-order valence-corrected chi connectivity index (χ1v) is 18.1. The van der Waals surface area contributed by atoms with Crippen LogP contribution in [-0.2, 0) is 20.5 Å². The molecule has 12 nitrogen and oxygen atoms in total. The summed E-state index contributed by atoms with van der Waals surface area (Å²) in [4.78, 5) is 28.4. The summed E-state index contributed by atoms with van der Waals surface area (Å²) >= 11 is 6.47. The second-order valence-corrected chi connectivity index (χ2v) is 14.9. The van der Waals surface area contributed by atoms with E-state index >= 15 is 0 Å². The number of nitrogens with zero attached hydrogens (tertiary/aromatic N) is 6. The van der Waals surface area contributed by atoms with E-state index in [-0.39, 0.29) is 5.97 Å². The van der Waals surface area contributed by atoms with E-state index in [1.54, 1.807) is 24.7 Å². The summed E-state index contributed by atoms with van der Waals surface area (Å²) in [6.07, 6.45) is 5.32. The Labute approximate surface area is 291 Å². The molecule has 0 bridgehead atoms. The van der Waals surface area contributed by atoms with E-state index in [2.05, 4.69) is 41.4 Å². The third-order valence-corrected chi connectivity index (χ3v) is 9.83. The molecule has 1 atom stereocenters. The van der Waals surface area contributed by atoms with E-state index in [0.717, 1.165) is 69.2 Å². The Morgan fingerprint density at radius 3 is 2.42 bits per heavy atom. The summed E-state index contributed by atoms with van der Waals surface area (Å²) in [5.74, 6) is 1.30. The number of piperazine rings is 1. The molecule has 0 aliphatic carbocycles. The molecule has 0 radical (unpaired) electrons. The van der Waals surface area contributed by atoms with Gasteiger partial charge in [0.2, 0.25) is 5.95 Å². The lowest BCUT2D eigenvalue weighted by Crippen LogP contribution is -2.54. The molecule has 14 heteroatoms. The molecule has 2 aromatic carbocycles. The van der Waals surface area contributed by atoms with Crippen LogP contribution in [0.3, 0.4) is 0 Å². The van der Waals surface area contributed by atoms with Crippen molar-refractivity contribution in [1.29, 1.82) is 0 Å². The molecule has 2 N–H and O–H groups in total. The molecule has 1 unspecified atom stereocenters. The standard InChI is InChI=1S/C34H47ClN8O4S/c1-34(2,3)47-31(44)23-41-17-19-43(20-18-41)24-13-15-42(16-14-24)25-11-12-28(30(21-25)46-5)38-33-36-22-26(35)32(39-33)37-27-9-7-8-10-29(27)40(4)48(6)45/h7-12,21-22,24H,13-20,23H2,1-6H3,(H2,36,37,38,39). The lowest BCUT2D eigenvalue weighted by Gasteiger charge is -2.43. The van der Waals surface area contributed by atoms with Crippen LogP contribution in [0.25, 0.3) is 0 Å². The number of para-hydroxylation sites is 2.